The van der Waals surface area contributed by atoms with Gasteiger partial charge in [0, 0.05) is 5.70 Å². The first-order chi connectivity index (χ1) is 10.7. The van der Waals surface area contributed by atoms with Crippen LogP contribution in [0.4, 0.5) is 4.79 Å². The van der Waals surface area contributed by atoms with Gasteiger partial charge in [-0.05, 0) is 31.5 Å². The smallest absolute Gasteiger partial charge is 0.338 e. The molecule has 0 saturated heterocycles. The van der Waals surface area contributed by atoms with E-state index in [1.54, 1.807) is 13.8 Å². The van der Waals surface area contributed by atoms with Gasteiger partial charge in [-0.25, -0.2) is 23.1 Å². The van der Waals surface area contributed by atoms with Gasteiger partial charge < -0.3 is 15.4 Å². The van der Waals surface area contributed by atoms with E-state index >= 15 is 0 Å². The molecule has 1 heterocycles. The quantitative estimate of drug-likeness (QED) is 0.689. The van der Waals surface area contributed by atoms with Crippen LogP contribution in [-0.2, 0) is 19.6 Å². The second-order valence-corrected chi connectivity index (χ2v) is 6.47. The molecule has 0 unspecified atom stereocenters. The van der Waals surface area contributed by atoms with E-state index in [1.165, 1.54) is 24.3 Å². The number of carbonyl (C=O) groups excluding carboxylic acids is 2. The standard InChI is InChI=1S/C14H17N3O5S/c1-3-22-13(18)11-8(2)16-14(19)17-12(11)9-4-6-10(7-5-9)23(15,20)21/h4-7,12H,3H2,1-2H3,(H2,15,20,21)(H2,16,17,19)/t12-/m0/s1. The first-order valence-electron chi connectivity index (χ1n) is 6.82. The van der Waals surface area contributed by atoms with Crippen LogP contribution < -0.4 is 15.8 Å². The molecule has 1 aliphatic rings. The summed E-state index contributed by atoms with van der Waals surface area (Å²) < 4.78 is 27.6. The molecule has 0 fully saturated rings. The SMILES string of the molecule is CCOC(=O)C1=C(C)NC(=O)N[C@H]1c1ccc(S(N)(=O)=O)cc1. The van der Waals surface area contributed by atoms with E-state index in [1.807, 2.05) is 0 Å². The summed E-state index contributed by atoms with van der Waals surface area (Å²) in [6.45, 7) is 3.47. The van der Waals surface area contributed by atoms with Crippen LogP contribution in [-0.4, -0.2) is 27.0 Å². The second kappa shape index (κ2) is 6.39. The highest BCUT2D eigenvalue weighted by Crippen LogP contribution is 2.28. The zero-order chi connectivity index (χ0) is 17.2. The molecule has 0 radical (unpaired) electrons. The number of rotatable bonds is 4. The number of primary sulfonamides is 1. The molecule has 2 rings (SSSR count). The molecule has 1 aromatic rings. The summed E-state index contributed by atoms with van der Waals surface area (Å²) >= 11 is 0. The molecule has 23 heavy (non-hydrogen) atoms. The van der Waals surface area contributed by atoms with E-state index in [2.05, 4.69) is 10.6 Å². The second-order valence-electron chi connectivity index (χ2n) is 4.90. The number of hydrogen-bond acceptors (Lipinski definition) is 5. The van der Waals surface area contributed by atoms with Gasteiger partial charge in [0.25, 0.3) is 0 Å². The molecule has 0 saturated carbocycles. The Morgan fingerprint density at radius 2 is 1.91 bits per heavy atom. The Labute approximate surface area is 133 Å². The van der Waals surface area contributed by atoms with Crippen molar-refractivity contribution < 1.29 is 22.7 Å². The highest BCUT2D eigenvalue weighted by atomic mass is 32.2. The molecule has 0 aromatic heterocycles. The minimum absolute atomic E-state index is 0.0557. The predicted octanol–water partition coefficient (Wildman–Crippen LogP) is 0.525. The summed E-state index contributed by atoms with van der Waals surface area (Å²) in [5.74, 6) is -0.557. The van der Waals surface area contributed by atoms with Crippen LogP contribution in [0.2, 0.25) is 0 Å². The maximum absolute atomic E-state index is 12.1. The van der Waals surface area contributed by atoms with E-state index in [0.29, 0.717) is 11.3 Å². The Bertz CT molecular complexity index is 768. The number of benzene rings is 1. The molecular weight excluding hydrogens is 322 g/mol. The van der Waals surface area contributed by atoms with Crippen LogP contribution in [0.15, 0.2) is 40.4 Å². The zero-order valence-electron chi connectivity index (χ0n) is 12.6. The average Bonchev–Trinajstić information content (AvgIpc) is 2.45. The molecule has 124 valence electrons. The van der Waals surface area contributed by atoms with E-state index < -0.39 is 28.1 Å². The lowest BCUT2D eigenvalue weighted by molar-refractivity contribution is -0.139. The van der Waals surface area contributed by atoms with Gasteiger partial charge in [0.05, 0.1) is 23.1 Å². The lowest BCUT2D eigenvalue weighted by Gasteiger charge is -2.28. The number of urea groups is 1. The molecule has 1 aromatic carbocycles. The minimum Gasteiger partial charge on any atom is -0.463 e. The molecule has 9 heteroatoms. The molecule has 0 spiro atoms. The number of esters is 1. The highest BCUT2D eigenvalue weighted by Gasteiger charge is 2.32. The number of amides is 2. The first-order valence-corrected chi connectivity index (χ1v) is 8.37. The van der Waals surface area contributed by atoms with Crippen LogP contribution in [0.3, 0.4) is 0 Å². The number of carbonyl (C=O) groups is 2. The lowest BCUT2D eigenvalue weighted by Crippen LogP contribution is -2.45. The third-order valence-corrected chi connectivity index (χ3v) is 4.24. The molecule has 0 aliphatic carbocycles. The summed E-state index contributed by atoms with van der Waals surface area (Å²) in [4.78, 5) is 23.8. The van der Waals surface area contributed by atoms with Crippen molar-refractivity contribution in [2.45, 2.75) is 24.8 Å². The first kappa shape index (κ1) is 17.0. The third kappa shape index (κ3) is 3.69. The zero-order valence-corrected chi connectivity index (χ0v) is 13.4. The molecule has 1 aliphatic heterocycles. The van der Waals surface area contributed by atoms with Crippen molar-refractivity contribution >= 4 is 22.0 Å². The summed E-state index contributed by atoms with van der Waals surface area (Å²) in [6.07, 6.45) is 0. The van der Waals surface area contributed by atoms with Crippen LogP contribution in [0.1, 0.15) is 25.5 Å². The van der Waals surface area contributed by atoms with Gasteiger partial charge in [-0.15, -0.1) is 0 Å². The number of nitrogens with one attached hydrogen (secondary N) is 2. The van der Waals surface area contributed by atoms with Gasteiger partial charge >= 0.3 is 12.0 Å². The van der Waals surface area contributed by atoms with E-state index in [4.69, 9.17) is 9.88 Å². The fraction of sp³-hybridized carbons (Fsp3) is 0.286. The average molecular weight is 339 g/mol. The Balaban J connectivity index is 2.44. The number of allylic oxidation sites excluding steroid dienone is 1. The van der Waals surface area contributed by atoms with Crippen molar-refractivity contribution in [3.63, 3.8) is 0 Å². The number of hydrogen-bond donors (Lipinski definition) is 3. The monoisotopic (exact) mass is 339 g/mol. The van der Waals surface area contributed by atoms with Crippen molar-refractivity contribution in [2.24, 2.45) is 5.14 Å². The fourth-order valence-electron chi connectivity index (χ4n) is 2.27. The minimum atomic E-state index is -3.81. The van der Waals surface area contributed by atoms with Crippen LogP contribution in [0.25, 0.3) is 0 Å². The largest absolute Gasteiger partial charge is 0.463 e. The van der Waals surface area contributed by atoms with Crippen molar-refractivity contribution in [3.05, 3.63) is 41.1 Å². The van der Waals surface area contributed by atoms with E-state index in [9.17, 15) is 18.0 Å². The maximum atomic E-state index is 12.1. The normalized spacial score (nSPS) is 18.2. The molecular formula is C14H17N3O5S. The van der Waals surface area contributed by atoms with Gasteiger partial charge in [0.1, 0.15) is 0 Å². The van der Waals surface area contributed by atoms with Crippen molar-refractivity contribution in [1.29, 1.82) is 0 Å². The van der Waals surface area contributed by atoms with Crippen LogP contribution in [0, 0.1) is 0 Å². The van der Waals surface area contributed by atoms with Gasteiger partial charge in [-0.1, -0.05) is 12.1 Å². The topological polar surface area (TPSA) is 128 Å². The molecule has 8 nitrogen and oxygen atoms in total. The number of ether oxygens (including phenoxy) is 1. The molecule has 0 bridgehead atoms. The number of nitrogens with two attached hydrogens (primary N) is 1. The third-order valence-electron chi connectivity index (χ3n) is 3.31. The van der Waals surface area contributed by atoms with Crippen molar-refractivity contribution in [1.82, 2.24) is 10.6 Å². The Morgan fingerprint density at radius 3 is 2.43 bits per heavy atom. The molecule has 4 N–H and O–H groups in total. The van der Waals surface area contributed by atoms with Gasteiger partial charge in [-0.2, -0.15) is 0 Å². The van der Waals surface area contributed by atoms with Gasteiger partial charge in [0.2, 0.25) is 10.0 Å². The summed E-state index contributed by atoms with van der Waals surface area (Å²) in [5.41, 5.74) is 1.18. The molecule has 1 atom stereocenters. The summed E-state index contributed by atoms with van der Waals surface area (Å²) in [6, 6.07) is 4.41. The summed E-state index contributed by atoms with van der Waals surface area (Å²) in [5, 5.41) is 10.2. The van der Waals surface area contributed by atoms with Crippen molar-refractivity contribution in [3.8, 4) is 0 Å². The van der Waals surface area contributed by atoms with Crippen molar-refractivity contribution in [2.75, 3.05) is 6.61 Å². The summed E-state index contributed by atoms with van der Waals surface area (Å²) in [7, 11) is -3.81. The predicted molar refractivity (Wildman–Crippen MR) is 81.6 cm³/mol. The Kier molecular flexibility index (Phi) is 4.71. The van der Waals surface area contributed by atoms with E-state index in [-0.39, 0.29) is 17.1 Å². The highest BCUT2D eigenvalue weighted by molar-refractivity contribution is 7.89. The lowest BCUT2D eigenvalue weighted by atomic mass is 9.96. The Hall–Kier alpha value is -2.39. The van der Waals surface area contributed by atoms with Gasteiger partial charge in [0.15, 0.2) is 0 Å². The maximum Gasteiger partial charge on any atom is 0.338 e. The van der Waals surface area contributed by atoms with E-state index in [0.717, 1.165) is 0 Å². The molecule has 2 amide bonds. The van der Waals surface area contributed by atoms with Gasteiger partial charge in [-0.3, -0.25) is 0 Å². The Morgan fingerprint density at radius 1 is 1.30 bits per heavy atom. The fourth-order valence-corrected chi connectivity index (χ4v) is 2.79. The number of sulfonamides is 1. The van der Waals surface area contributed by atoms with Crippen LogP contribution in [0.5, 0.6) is 0 Å². The van der Waals surface area contributed by atoms with Crippen LogP contribution >= 0.6 is 0 Å².